The fourth-order valence-corrected chi connectivity index (χ4v) is 1.89. The first-order chi connectivity index (χ1) is 8.18. The van der Waals surface area contributed by atoms with E-state index < -0.39 is 0 Å². The molecule has 0 bridgehead atoms. The average molecular weight is 261 g/mol. The van der Waals surface area contributed by atoms with Gasteiger partial charge in [-0.15, -0.1) is 25.3 Å². The van der Waals surface area contributed by atoms with Crippen molar-refractivity contribution in [1.29, 1.82) is 0 Å². The van der Waals surface area contributed by atoms with Crippen LogP contribution in [0.25, 0.3) is 0 Å². The first-order valence-electron chi connectivity index (χ1n) is 5.06. The Hall–Kier alpha value is -1.39. The Kier molecular flexibility index (Phi) is 3.76. The van der Waals surface area contributed by atoms with Gasteiger partial charge in [-0.3, -0.25) is 4.79 Å². The highest BCUT2D eigenvalue weighted by atomic mass is 32.1. The molecule has 0 aromatic heterocycles. The van der Waals surface area contributed by atoms with Crippen LogP contribution in [0.1, 0.15) is 10.4 Å². The number of carbonyl (C=O) groups excluding carboxylic acids is 1. The van der Waals surface area contributed by atoms with Gasteiger partial charge in [0.15, 0.2) is 0 Å². The average Bonchev–Trinajstić information content (AvgIpc) is 2.34. The molecule has 17 heavy (non-hydrogen) atoms. The van der Waals surface area contributed by atoms with E-state index in [1.807, 2.05) is 30.3 Å². The van der Waals surface area contributed by atoms with Crippen molar-refractivity contribution in [2.75, 3.05) is 5.32 Å². The Morgan fingerprint density at radius 2 is 1.65 bits per heavy atom. The molecule has 2 aromatic rings. The number of para-hydroxylation sites is 1. The lowest BCUT2D eigenvalue weighted by Gasteiger charge is -2.08. The predicted octanol–water partition coefficient (Wildman–Crippen LogP) is 3.52. The molecule has 4 heteroatoms. The molecule has 0 aliphatic heterocycles. The molecule has 86 valence electrons. The third-order valence-corrected chi connectivity index (χ3v) is 3.32. The zero-order valence-electron chi connectivity index (χ0n) is 8.92. The van der Waals surface area contributed by atoms with Crippen molar-refractivity contribution in [3.05, 3.63) is 54.1 Å². The van der Waals surface area contributed by atoms with E-state index >= 15 is 0 Å². The molecule has 2 aromatic carbocycles. The highest BCUT2D eigenvalue weighted by Gasteiger charge is 2.10. The molecule has 1 N–H and O–H groups in total. The standard InChI is InChI=1S/C13H11NOS2/c15-13(14-9-5-2-1-3-6-9)10-7-4-8-11(16)12(10)17/h1-8,16-17H,(H,14,15). The molecule has 1 amide bonds. The number of carbonyl (C=O) groups is 1. The second-order valence-corrected chi connectivity index (χ2v) is 4.42. The van der Waals surface area contributed by atoms with Gasteiger partial charge in [0, 0.05) is 15.5 Å². The van der Waals surface area contributed by atoms with Crippen molar-refractivity contribution < 1.29 is 4.79 Å². The molecular formula is C13H11NOS2. The van der Waals surface area contributed by atoms with E-state index in [0.29, 0.717) is 15.4 Å². The summed E-state index contributed by atoms with van der Waals surface area (Å²) in [4.78, 5) is 13.3. The van der Waals surface area contributed by atoms with E-state index in [0.717, 1.165) is 5.69 Å². The van der Waals surface area contributed by atoms with Gasteiger partial charge in [-0.05, 0) is 24.3 Å². The van der Waals surface area contributed by atoms with Gasteiger partial charge < -0.3 is 5.32 Å². The first kappa shape index (κ1) is 12.1. The number of nitrogens with one attached hydrogen (secondary N) is 1. The van der Waals surface area contributed by atoms with E-state index in [1.54, 1.807) is 18.2 Å². The summed E-state index contributed by atoms with van der Waals surface area (Å²) in [5.41, 5.74) is 1.28. The van der Waals surface area contributed by atoms with Gasteiger partial charge in [0.2, 0.25) is 0 Å². The van der Waals surface area contributed by atoms with Crippen LogP contribution in [0.4, 0.5) is 5.69 Å². The number of thiol groups is 2. The van der Waals surface area contributed by atoms with Crippen LogP contribution >= 0.6 is 25.3 Å². The summed E-state index contributed by atoms with van der Waals surface area (Å²) in [5.74, 6) is -0.183. The highest BCUT2D eigenvalue weighted by molar-refractivity contribution is 7.83. The zero-order valence-corrected chi connectivity index (χ0v) is 10.7. The summed E-state index contributed by atoms with van der Waals surface area (Å²) < 4.78 is 0. The van der Waals surface area contributed by atoms with Gasteiger partial charge >= 0.3 is 0 Å². The minimum absolute atomic E-state index is 0.183. The molecule has 0 fully saturated rings. The molecule has 0 saturated carbocycles. The topological polar surface area (TPSA) is 29.1 Å². The van der Waals surface area contributed by atoms with Crippen molar-refractivity contribution in [3.8, 4) is 0 Å². The van der Waals surface area contributed by atoms with E-state index in [1.165, 1.54) is 0 Å². The molecule has 0 atom stereocenters. The second-order valence-electron chi connectivity index (χ2n) is 3.49. The molecule has 0 aliphatic rings. The molecule has 2 rings (SSSR count). The minimum atomic E-state index is -0.183. The van der Waals surface area contributed by atoms with Gasteiger partial charge in [-0.1, -0.05) is 24.3 Å². The maximum Gasteiger partial charge on any atom is 0.256 e. The molecule has 0 radical (unpaired) electrons. The Morgan fingerprint density at radius 3 is 2.35 bits per heavy atom. The van der Waals surface area contributed by atoms with Crippen molar-refractivity contribution in [2.45, 2.75) is 9.79 Å². The highest BCUT2D eigenvalue weighted by Crippen LogP contribution is 2.23. The molecule has 2 nitrogen and oxygen atoms in total. The van der Waals surface area contributed by atoms with Crippen LogP contribution in [0.2, 0.25) is 0 Å². The number of amides is 1. The van der Waals surface area contributed by atoms with E-state index in [-0.39, 0.29) is 5.91 Å². The Labute approximate surface area is 111 Å². The summed E-state index contributed by atoms with van der Waals surface area (Å²) in [5, 5.41) is 2.80. The van der Waals surface area contributed by atoms with Crippen LogP contribution in [0.15, 0.2) is 58.3 Å². The predicted molar refractivity (Wildman–Crippen MR) is 75.3 cm³/mol. The third kappa shape index (κ3) is 2.84. The largest absolute Gasteiger partial charge is 0.322 e. The monoisotopic (exact) mass is 261 g/mol. The molecule has 0 spiro atoms. The third-order valence-electron chi connectivity index (χ3n) is 2.29. The fourth-order valence-electron chi connectivity index (χ4n) is 1.43. The number of hydrogen-bond acceptors (Lipinski definition) is 3. The number of anilines is 1. The van der Waals surface area contributed by atoms with Gasteiger partial charge in [-0.25, -0.2) is 0 Å². The maximum absolute atomic E-state index is 12.0. The van der Waals surface area contributed by atoms with Crippen molar-refractivity contribution in [2.24, 2.45) is 0 Å². The lowest BCUT2D eigenvalue weighted by molar-refractivity contribution is 0.102. The normalized spacial score (nSPS) is 10.0. The summed E-state index contributed by atoms with van der Waals surface area (Å²) >= 11 is 8.51. The van der Waals surface area contributed by atoms with Gasteiger partial charge in [0.1, 0.15) is 0 Å². The smallest absolute Gasteiger partial charge is 0.256 e. The minimum Gasteiger partial charge on any atom is -0.322 e. The Morgan fingerprint density at radius 1 is 0.941 bits per heavy atom. The summed E-state index contributed by atoms with van der Waals surface area (Å²) in [7, 11) is 0. The lowest BCUT2D eigenvalue weighted by Crippen LogP contribution is -2.12. The second kappa shape index (κ2) is 5.29. The fraction of sp³-hybridized carbons (Fsp3) is 0. The summed E-state index contributed by atoms with van der Waals surface area (Å²) in [6.45, 7) is 0. The van der Waals surface area contributed by atoms with E-state index in [4.69, 9.17) is 0 Å². The van der Waals surface area contributed by atoms with Crippen LogP contribution in [-0.2, 0) is 0 Å². The molecule has 0 heterocycles. The molecule has 0 saturated heterocycles. The van der Waals surface area contributed by atoms with Crippen molar-refractivity contribution in [3.63, 3.8) is 0 Å². The molecule has 0 aliphatic carbocycles. The van der Waals surface area contributed by atoms with Crippen molar-refractivity contribution in [1.82, 2.24) is 0 Å². The maximum atomic E-state index is 12.0. The van der Waals surface area contributed by atoms with Crippen LogP contribution < -0.4 is 5.32 Å². The van der Waals surface area contributed by atoms with Crippen LogP contribution in [0.5, 0.6) is 0 Å². The Balaban J connectivity index is 2.24. The first-order valence-corrected chi connectivity index (χ1v) is 5.95. The van der Waals surface area contributed by atoms with E-state index in [9.17, 15) is 4.79 Å². The number of benzene rings is 2. The SMILES string of the molecule is O=C(Nc1ccccc1)c1cccc(S)c1S. The molecular weight excluding hydrogens is 250 g/mol. The Bertz CT molecular complexity index is 540. The quantitative estimate of drug-likeness (QED) is 0.709. The van der Waals surface area contributed by atoms with E-state index in [2.05, 4.69) is 30.6 Å². The summed E-state index contributed by atoms with van der Waals surface area (Å²) in [6, 6.07) is 14.6. The van der Waals surface area contributed by atoms with Gasteiger partial charge in [0.05, 0.1) is 5.56 Å². The van der Waals surface area contributed by atoms with Crippen LogP contribution in [0.3, 0.4) is 0 Å². The zero-order chi connectivity index (χ0) is 12.3. The van der Waals surface area contributed by atoms with Crippen molar-refractivity contribution >= 4 is 36.9 Å². The van der Waals surface area contributed by atoms with Gasteiger partial charge in [0.25, 0.3) is 5.91 Å². The number of hydrogen-bond donors (Lipinski definition) is 3. The lowest BCUT2D eigenvalue weighted by atomic mass is 10.2. The summed E-state index contributed by atoms with van der Waals surface area (Å²) in [6.07, 6.45) is 0. The van der Waals surface area contributed by atoms with Crippen LogP contribution in [0, 0.1) is 0 Å². The van der Waals surface area contributed by atoms with Crippen LogP contribution in [-0.4, -0.2) is 5.91 Å². The molecule has 0 unspecified atom stereocenters. The van der Waals surface area contributed by atoms with Gasteiger partial charge in [-0.2, -0.15) is 0 Å². The number of rotatable bonds is 2.